The molecule has 0 saturated carbocycles. The Morgan fingerprint density at radius 2 is 1.33 bits per heavy atom. The van der Waals surface area contributed by atoms with Crippen molar-refractivity contribution in [2.45, 2.75) is 80.9 Å². The van der Waals surface area contributed by atoms with Crippen molar-refractivity contribution in [3.05, 3.63) is 120 Å². The van der Waals surface area contributed by atoms with Crippen LogP contribution in [0.1, 0.15) is 50.8 Å². The predicted molar refractivity (Wildman–Crippen MR) is 260 cm³/mol. The van der Waals surface area contributed by atoms with Gasteiger partial charge in [0.05, 0.1) is 49.4 Å². The van der Waals surface area contributed by atoms with Crippen molar-refractivity contribution in [3.63, 3.8) is 0 Å². The number of hydrogen-bond acceptors (Lipinski definition) is 14. The number of carbonyl (C=O) groups is 1. The number of benzene rings is 5. The third-order valence-corrected chi connectivity index (χ3v) is 15.8. The molecule has 69 heavy (non-hydrogen) atoms. The molecule has 2 N–H and O–H groups in total. The number of rotatable bonds is 17. The van der Waals surface area contributed by atoms with Gasteiger partial charge in [0.1, 0.15) is 33.0 Å². The van der Waals surface area contributed by atoms with Crippen LogP contribution in [-0.2, 0) is 50.8 Å². The van der Waals surface area contributed by atoms with Gasteiger partial charge in [0, 0.05) is 38.3 Å². The standard InChI is InChI=1S/C49H55N9O9S2/c1-8-26-57-41-11-9-10-40(44(41)51-47(57)50)39-24-25-42(68(60,61)38-30-55(31-38)48(59)67-49(2,3)4)45(43(39)46-52-54-58(53-46)29-34-16-22-37(66-7)23-17-34)69(62,63)56(27-32-12-18-35(64-5)19-13-32)28-33-14-20-36(65-6)21-15-33/h9-25,38H,8,26-31H2,1-7H3,(H2,50,51). The Morgan fingerprint density at radius 3 is 1.87 bits per heavy atom. The summed E-state index contributed by atoms with van der Waals surface area (Å²) in [6.45, 7) is 6.99. The van der Waals surface area contributed by atoms with Crippen molar-refractivity contribution < 1.29 is 40.6 Å². The summed E-state index contributed by atoms with van der Waals surface area (Å²) < 4.78 is 87.9. The second-order valence-corrected chi connectivity index (χ2v) is 21.7. The predicted octanol–water partition coefficient (Wildman–Crippen LogP) is 7.21. The summed E-state index contributed by atoms with van der Waals surface area (Å²) in [6, 6.07) is 29.4. The van der Waals surface area contributed by atoms with E-state index in [2.05, 4.69) is 10.3 Å². The van der Waals surface area contributed by atoms with Gasteiger partial charge in [-0.25, -0.2) is 26.6 Å². The van der Waals surface area contributed by atoms with Gasteiger partial charge >= 0.3 is 6.09 Å². The molecule has 2 aromatic heterocycles. The van der Waals surface area contributed by atoms with Crippen molar-refractivity contribution in [1.82, 2.24) is 39.0 Å². The van der Waals surface area contributed by atoms with Crippen molar-refractivity contribution >= 4 is 42.9 Å². The van der Waals surface area contributed by atoms with Crippen LogP contribution in [0.2, 0.25) is 0 Å². The van der Waals surface area contributed by atoms with Gasteiger partial charge in [-0.3, -0.25) is 0 Å². The molecule has 1 fully saturated rings. The molecule has 0 spiro atoms. The van der Waals surface area contributed by atoms with Crippen molar-refractivity contribution in [1.29, 1.82) is 0 Å². The number of nitrogen functional groups attached to an aromatic ring is 1. The summed E-state index contributed by atoms with van der Waals surface area (Å²) in [5, 5.41) is 12.5. The van der Waals surface area contributed by atoms with Crippen LogP contribution in [0, 0.1) is 0 Å². The summed E-state index contributed by atoms with van der Waals surface area (Å²) in [5.74, 6) is 1.86. The number of aromatic nitrogens is 6. The van der Waals surface area contributed by atoms with Gasteiger partial charge < -0.3 is 34.1 Å². The molecule has 0 aliphatic carbocycles. The fourth-order valence-electron chi connectivity index (χ4n) is 8.15. The molecule has 0 bridgehead atoms. The lowest BCUT2D eigenvalue weighted by Gasteiger charge is -2.39. The molecule has 362 valence electrons. The number of nitrogens with zero attached hydrogens (tertiary/aromatic N) is 8. The number of aryl methyl sites for hydroxylation is 1. The number of methoxy groups -OCH3 is 3. The lowest BCUT2D eigenvalue weighted by Crippen LogP contribution is -2.57. The maximum Gasteiger partial charge on any atom is 0.410 e. The Labute approximate surface area is 401 Å². The average Bonchev–Trinajstić information content (AvgIpc) is 3.91. The zero-order valence-corrected chi connectivity index (χ0v) is 41.1. The molecular weight excluding hydrogens is 923 g/mol. The molecule has 1 aliphatic heterocycles. The number of sulfonamides is 1. The van der Waals surface area contributed by atoms with Crippen LogP contribution in [-0.4, -0.2) is 107 Å². The van der Waals surface area contributed by atoms with E-state index < -0.39 is 46.6 Å². The molecule has 1 saturated heterocycles. The number of nitrogens with two attached hydrogens (primary N) is 1. The molecular formula is C49H55N9O9S2. The second-order valence-electron chi connectivity index (χ2n) is 17.6. The van der Waals surface area contributed by atoms with E-state index >= 15 is 16.8 Å². The maximum atomic E-state index is 16.2. The number of sulfone groups is 1. The van der Waals surface area contributed by atoms with E-state index in [-0.39, 0.29) is 55.6 Å². The Kier molecular flexibility index (Phi) is 13.7. The van der Waals surface area contributed by atoms with E-state index in [9.17, 15) is 4.79 Å². The monoisotopic (exact) mass is 977 g/mol. The van der Waals surface area contributed by atoms with Crippen LogP contribution in [0.3, 0.4) is 0 Å². The molecule has 7 aromatic rings. The fourth-order valence-corrected chi connectivity index (χ4v) is 12.2. The number of imidazole rings is 1. The third kappa shape index (κ3) is 10.1. The van der Waals surface area contributed by atoms with Crippen LogP contribution in [0.5, 0.6) is 17.2 Å². The van der Waals surface area contributed by atoms with Crippen LogP contribution in [0.25, 0.3) is 33.5 Å². The number of amides is 1. The first-order chi connectivity index (χ1) is 32.9. The topological polar surface area (TPSA) is 216 Å². The van der Waals surface area contributed by atoms with Crippen LogP contribution in [0.15, 0.2) is 113 Å². The number of ether oxygens (including phenoxy) is 4. The van der Waals surface area contributed by atoms with Gasteiger partial charge in [-0.15, -0.1) is 10.2 Å². The van der Waals surface area contributed by atoms with Gasteiger partial charge in [-0.2, -0.15) is 9.10 Å². The molecule has 0 radical (unpaired) electrons. The zero-order valence-electron chi connectivity index (χ0n) is 39.5. The molecule has 3 heterocycles. The first-order valence-corrected chi connectivity index (χ1v) is 25.2. The largest absolute Gasteiger partial charge is 0.497 e. The summed E-state index contributed by atoms with van der Waals surface area (Å²) in [5.41, 5.74) is 9.40. The average molecular weight is 978 g/mol. The van der Waals surface area contributed by atoms with Gasteiger partial charge in [0.15, 0.2) is 9.84 Å². The lowest BCUT2D eigenvalue weighted by molar-refractivity contribution is 0.0139. The van der Waals surface area contributed by atoms with Gasteiger partial charge in [0.2, 0.25) is 21.8 Å². The molecule has 0 atom stereocenters. The second kappa shape index (κ2) is 19.5. The van der Waals surface area contributed by atoms with E-state index in [4.69, 9.17) is 34.8 Å². The minimum Gasteiger partial charge on any atom is -0.497 e. The highest BCUT2D eigenvalue weighted by Crippen LogP contribution is 2.45. The lowest BCUT2D eigenvalue weighted by atomic mass is 9.98. The van der Waals surface area contributed by atoms with Crippen LogP contribution >= 0.6 is 0 Å². The van der Waals surface area contributed by atoms with E-state index in [1.807, 2.05) is 29.7 Å². The van der Waals surface area contributed by atoms with Crippen molar-refractivity contribution in [2.24, 2.45) is 0 Å². The number of anilines is 1. The van der Waals surface area contributed by atoms with Crippen molar-refractivity contribution in [2.75, 3.05) is 40.2 Å². The Bertz CT molecular complexity index is 3150. The van der Waals surface area contributed by atoms with E-state index in [0.29, 0.717) is 51.5 Å². The number of para-hydroxylation sites is 1. The minimum absolute atomic E-state index is 0.119. The SMILES string of the molecule is CCCn1c(N)nc2c(-c3ccc(S(=O)(=O)C4CN(C(=O)OC(C)(C)C)C4)c(S(=O)(=O)N(Cc4ccc(OC)cc4)Cc4ccc(OC)cc4)c3-c3nnn(Cc4ccc(OC)cc4)n3)cccc21. The van der Waals surface area contributed by atoms with Gasteiger partial charge in [-0.1, -0.05) is 61.5 Å². The van der Waals surface area contributed by atoms with Crippen LogP contribution < -0.4 is 19.9 Å². The summed E-state index contributed by atoms with van der Waals surface area (Å²) >= 11 is 0. The molecule has 18 nitrogen and oxygen atoms in total. The number of hydrogen-bond donors (Lipinski definition) is 1. The Balaban J connectivity index is 1.39. The van der Waals surface area contributed by atoms with Gasteiger partial charge in [-0.05, 0) is 103 Å². The Morgan fingerprint density at radius 1 is 0.768 bits per heavy atom. The van der Waals surface area contributed by atoms with E-state index in [1.165, 1.54) is 34.3 Å². The minimum atomic E-state index is -4.94. The Hall–Kier alpha value is -7.03. The molecule has 20 heteroatoms. The zero-order chi connectivity index (χ0) is 49.3. The highest BCUT2D eigenvalue weighted by atomic mass is 32.2. The fraction of sp³-hybridized carbons (Fsp3) is 0.327. The molecule has 8 rings (SSSR count). The van der Waals surface area contributed by atoms with Gasteiger partial charge in [0.25, 0.3) is 0 Å². The quantitative estimate of drug-likeness (QED) is 0.0955. The smallest absolute Gasteiger partial charge is 0.410 e. The first-order valence-electron chi connectivity index (χ1n) is 22.2. The molecule has 1 aliphatic rings. The van der Waals surface area contributed by atoms with E-state index in [0.717, 1.165) is 12.0 Å². The molecule has 5 aromatic carbocycles. The van der Waals surface area contributed by atoms with Crippen LogP contribution in [0.4, 0.5) is 10.7 Å². The number of tetrazole rings is 1. The van der Waals surface area contributed by atoms with E-state index in [1.54, 1.807) is 107 Å². The first kappa shape index (κ1) is 48.4. The number of likely N-dealkylation sites (tertiary alicyclic amines) is 1. The molecule has 0 unspecified atom stereocenters. The highest BCUT2D eigenvalue weighted by molar-refractivity contribution is 7.94. The summed E-state index contributed by atoms with van der Waals surface area (Å²) in [6.07, 6.45) is 0.0713. The number of carbonyl (C=O) groups excluding carboxylic acids is 1. The summed E-state index contributed by atoms with van der Waals surface area (Å²) in [7, 11) is -4.88. The normalized spacial score (nSPS) is 13.4. The number of fused-ring (bicyclic) bond motifs is 1. The van der Waals surface area contributed by atoms with Crippen molar-refractivity contribution in [3.8, 4) is 39.8 Å². The summed E-state index contributed by atoms with van der Waals surface area (Å²) in [4.78, 5) is 19.4. The third-order valence-electron chi connectivity index (χ3n) is 11.7. The molecule has 1 amide bonds. The maximum absolute atomic E-state index is 16.2. The highest BCUT2D eigenvalue weighted by Gasteiger charge is 2.46.